The summed E-state index contributed by atoms with van der Waals surface area (Å²) in [5.74, 6) is 0.0874. The van der Waals surface area contributed by atoms with Crippen LogP contribution in [0.25, 0.3) is 0 Å². The smallest absolute Gasteiger partial charge is 0.228 e. The standard InChI is InChI=1S/C19H38N2O5S/c1-15(2)26-13-16(20(7)27(8,23)24)18(3,4)14-19(5,6)17(22)21-9-11-25-12-10-21/h15-16H,9-14H2,1-8H3. The molecule has 1 aliphatic rings. The number of sulfonamides is 1. The molecular weight excluding hydrogens is 368 g/mol. The number of nitrogens with zero attached hydrogens (tertiary/aromatic N) is 2. The first-order chi connectivity index (χ1) is 12.2. The van der Waals surface area contributed by atoms with Crippen LogP contribution in [0.2, 0.25) is 0 Å². The van der Waals surface area contributed by atoms with Crippen molar-refractivity contribution in [2.75, 3.05) is 46.2 Å². The molecule has 0 bridgehead atoms. The van der Waals surface area contributed by atoms with Crippen molar-refractivity contribution in [2.45, 2.75) is 60.1 Å². The molecule has 0 spiro atoms. The average molecular weight is 407 g/mol. The maximum atomic E-state index is 13.1. The maximum absolute atomic E-state index is 13.1. The largest absolute Gasteiger partial charge is 0.378 e. The van der Waals surface area contributed by atoms with Gasteiger partial charge in [0.2, 0.25) is 15.9 Å². The van der Waals surface area contributed by atoms with Gasteiger partial charge in [0.25, 0.3) is 0 Å². The van der Waals surface area contributed by atoms with E-state index in [4.69, 9.17) is 9.47 Å². The van der Waals surface area contributed by atoms with E-state index in [1.165, 1.54) is 10.6 Å². The van der Waals surface area contributed by atoms with E-state index < -0.39 is 20.9 Å². The Hall–Kier alpha value is -0.700. The molecule has 1 rings (SSSR count). The van der Waals surface area contributed by atoms with Gasteiger partial charge in [-0.2, -0.15) is 4.31 Å². The van der Waals surface area contributed by atoms with E-state index in [1.807, 2.05) is 46.4 Å². The Morgan fingerprint density at radius 1 is 1.19 bits per heavy atom. The third-order valence-electron chi connectivity index (χ3n) is 5.23. The first kappa shape index (κ1) is 24.3. The summed E-state index contributed by atoms with van der Waals surface area (Å²) in [6.45, 7) is 14.4. The molecule has 0 aromatic rings. The molecule has 27 heavy (non-hydrogen) atoms. The van der Waals surface area contributed by atoms with Gasteiger partial charge >= 0.3 is 0 Å². The third kappa shape index (κ3) is 7.00. The average Bonchev–Trinajstić information content (AvgIpc) is 2.52. The van der Waals surface area contributed by atoms with Crippen molar-refractivity contribution in [1.29, 1.82) is 0 Å². The number of hydrogen-bond acceptors (Lipinski definition) is 5. The van der Waals surface area contributed by atoms with Crippen LogP contribution in [0, 0.1) is 10.8 Å². The van der Waals surface area contributed by atoms with Crippen molar-refractivity contribution >= 4 is 15.9 Å². The normalized spacial score (nSPS) is 18.2. The fourth-order valence-corrected chi connectivity index (χ4v) is 4.67. The van der Waals surface area contributed by atoms with Gasteiger partial charge in [-0.15, -0.1) is 0 Å². The molecule has 1 amide bonds. The van der Waals surface area contributed by atoms with Gasteiger partial charge in [-0.25, -0.2) is 8.42 Å². The zero-order valence-corrected chi connectivity index (χ0v) is 19.1. The quantitative estimate of drug-likeness (QED) is 0.585. The number of ether oxygens (including phenoxy) is 2. The molecule has 0 aromatic carbocycles. The topological polar surface area (TPSA) is 76.2 Å². The SMILES string of the molecule is CC(C)OCC(N(C)S(C)(=O)=O)C(C)(C)CC(C)(C)C(=O)N1CCOCC1. The van der Waals surface area contributed by atoms with Crippen LogP contribution < -0.4 is 0 Å². The molecule has 0 saturated carbocycles. The summed E-state index contributed by atoms with van der Waals surface area (Å²) in [6.07, 6.45) is 1.75. The van der Waals surface area contributed by atoms with Crippen LogP contribution in [0.1, 0.15) is 48.0 Å². The molecule has 160 valence electrons. The van der Waals surface area contributed by atoms with E-state index in [0.717, 1.165) is 0 Å². The van der Waals surface area contributed by atoms with Crippen molar-refractivity contribution in [3.05, 3.63) is 0 Å². The predicted octanol–water partition coefficient (Wildman–Crippen LogP) is 1.97. The van der Waals surface area contributed by atoms with Crippen LogP contribution >= 0.6 is 0 Å². The van der Waals surface area contributed by atoms with Crippen LogP contribution in [0.15, 0.2) is 0 Å². The van der Waals surface area contributed by atoms with Crippen LogP contribution in [0.4, 0.5) is 0 Å². The Balaban J connectivity index is 3.03. The maximum Gasteiger partial charge on any atom is 0.228 e. The van der Waals surface area contributed by atoms with Gasteiger partial charge < -0.3 is 14.4 Å². The van der Waals surface area contributed by atoms with Crippen molar-refractivity contribution in [3.8, 4) is 0 Å². The van der Waals surface area contributed by atoms with Gasteiger partial charge in [-0.3, -0.25) is 4.79 Å². The summed E-state index contributed by atoms with van der Waals surface area (Å²) < 4.78 is 36.9. The van der Waals surface area contributed by atoms with Gasteiger partial charge in [-0.1, -0.05) is 27.7 Å². The molecule has 8 heteroatoms. The lowest BCUT2D eigenvalue weighted by Crippen LogP contribution is -2.53. The highest BCUT2D eigenvalue weighted by Gasteiger charge is 2.44. The number of carbonyl (C=O) groups excluding carboxylic acids is 1. The fraction of sp³-hybridized carbons (Fsp3) is 0.947. The molecule has 0 N–H and O–H groups in total. The molecule has 7 nitrogen and oxygen atoms in total. The molecule has 0 aromatic heterocycles. The minimum atomic E-state index is -3.39. The lowest BCUT2D eigenvalue weighted by molar-refractivity contribution is -0.147. The summed E-state index contributed by atoms with van der Waals surface area (Å²) in [7, 11) is -1.80. The first-order valence-electron chi connectivity index (χ1n) is 9.60. The number of morpholine rings is 1. The van der Waals surface area contributed by atoms with Crippen LogP contribution in [0.5, 0.6) is 0 Å². The number of hydrogen-bond donors (Lipinski definition) is 0. The van der Waals surface area contributed by atoms with E-state index in [0.29, 0.717) is 32.7 Å². The fourth-order valence-electron chi connectivity index (χ4n) is 3.86. The van der Waals surface area contributed by atoms with Gasteiger partial charge in [0, 0.05) is 25.6 Å². The second kappa shape index (κ2) is 9.20. The molecule has 1 atom stereocenters. The highest BCUT2D eigenvalue weighted by Crippen LogP contribution is 2.40. The second-order valence-corrected chi connectivity index (χ2v) is 11.2. The molecule has 1 heterocycles. The number of rotatable bonds is 9. The Morgan fingerprint density at radius 3 is 2.15 bits per heavy atom. The molecule has 1 saturated heterocycles. The number of amides is 1. The summed E-state index contributed by atoms with van der Waals surface area (Å²) in [5.41, 5.74) is -1.08. The Labute approximate surface area is 165 Å². The minimum absolute atomic E-state index is 0.000692. The Bertz CT molecular complexity index is 595. The summed E-state index contributed by atoms with van der Waals surface area (Å²) >= 11 is 0. The molecule has 1 unspecified atom stereocenters. The monoisotopic (exact) mass is 406 g/mol. The third-order valence-corrected chi connectivity index (χ3v) is 6.53. The van der Waals surface area contributed by atoms with Crippen LogP contribution in [-0.4, -0.2) is 81.9 Å². The van der Waals surface area contributed by atoms with Gasteiger partial charge in [0.15, 0.2) is 0 Å². The van der Waals surface area contributed by atoms with E-state index >= 15 is 0 Å². The van der Waals surface area contributed by atoms with Crippen molar-refractivity contribution in [3.63, 3.8) is 0 Å². The minimum Gasteiger partial charge on any atom is -0.378 e. The first-order valence-corrected chi connectivity index (χ1v) is 11.4. The van der Waals surface area contributed by atoms with Crippen molar-refractivity contribution < 1.29 is 22.7 Å². The van der Waals surface area contributed by atoms with E-state index in [2.05, 4.69) is 0 Å². The summed E-state index contributed by atoms with van der Waals surface area (Å²) in [6, 6.07) is -0.369. The van der Waals surface area contributed by atoms with Gasteiger partial charge in [0.1, 0.15) is 0 Å². The zero-order valence-electron chi connectivity index (χ0n) is 18.2. The Kier molecular flexibility index (Phi) is 8.29. The highest BCUT2D eigenvalue weighted by atomic mass is 32.2. The van der Waals surface area contributed by atoms with E-state index in [9.17, 15) is 13.2 Å². The molecule has 1 aliphatic heterocycles. The van der Waals surface area contributed by atoms with Gasteiger partial charge in [-0.05, 0) is 25.7 Å². The van der Waals surface area contributed by atoms with Crippen molar-refractivity contribution in [1.82, 2.24) is 9.21 Å². The second-order valence-electron chi connectivity index (χ2n) is 9.13. The molecule has 0 aliphatic carbocycles. The van der Waals surface area contributed by atoms with Crippen LogP contribution in [-0.2, 0) is 24.3 Å². The summed E-state index contributed by atoms with van der Waals surface area (Å²) in [4.78, 5) is 14.9. The number of likely N-dealkylation sites (N-methyl/N-ethyl adjacent to an activating group) is 1. The number of carbonyl (C=O) groups is 1. The van der Waals surface area contributed by atoms with E-state index in [1.54, 1.807) is 7.05 Å². The van der Waals surface area contributed by atoms with E-state index in [-0.39, 0.29) is 24.7 Å². The molecule has 0 radical (unpaired) electrons. The lowest BCUT2D eigenvalue weighted by Gasteiger charge is -2.44. The van der Waals surface area contributed by atoms with Crippen LogP contribution in [0.3, 0.4) is 0 Å². The van der Waals surface area contributed by atoms with Crippen molar-refractivity contribution in [2.24, 2.45) is 10.8 Å². The predicted molar refractivity (Wildman–Crippen MR) is 107 cm³/mol. The van der Waals surface area contributed by atoms with Gasteiger partial charge in [0.05, 0.1) is 38.2 Å². The zero-order chi connectivity index (χ0) is 21.0. The molecular formula is C19H38N2O5S. The molecule has 1 fully saturated rings. The lowest BCUT2D eigenvalue weighted by atomic mass is 9.70. The summed E-state index contributed by atoms with van der Waals surface area (Å²) in [5, 5.41) is 0. The highest BCUT2D eigenvalue weighted by molar-refractivity contribution is 7.88. The Morgan fingerprint density at radius 2 is 1.70 bits per heavy atom.